The molecular formula is C5H9F2NO2. The first-order valence-corrected chi connectivity index (χ1v) is 2.77. The molecule has 0 spiro atoms. The van der Waals surface area contributed by atoms with Crippen LogP contribution in [-0.4, -0.2) is 23.5 Å². The molecule has 0 fully saturated rings. The van der Waals surface area contributed by atoms with Crippen molar-refractivity contribution < 1.29 is 18.7 Å². The van der Waals surface area contributed by atoms with Crippen LogP contribution in [0, 0.1) is 0 Å². The molecule has 0 rings (SSSR count). The van der Waals surface area contributed by atoms with Crippen LogP contribution in [0.15, 0.2) is 0 Å². The molecule has 0 atom stereocenters. The summed E-state index contributed by atoms with van der Waals surface area (Å²) in [4.78, 5) is 9.77. The number of rotatable bonds is 4. The Hall–Kier alpha value is -0.710. The highest BCUT2D eigenvalue weighted by molar-refractivity contribution is 5.67. The molecule has 0 bridgehead atoms. The van der Waals surface area contributed by atoms with Crippen LogP contribution in [0.3, 0.4) is 0 Å². The van der Waals surface area contributed by atoms with Gasteiger partial charge in [0.25, 0.3) is 5.92 Å². The molecular weight excluding hydrogens is 144 g/mol. The van der Waals surface area contributed by atoms with E-state index in [-0.39, 0.29) is 6.54 Å². The monoisotopic (exact) mass is 153 g/mol. The minimum absolute atomic E-state index is 0.194. The predicted octanol–water partition coefficient (Wildman–Crippen LogP) is 0.445. The third kappa shape index (κ3) is 4.20. The maximum absolute atomic E-state index is 12.2. The number of nitrogens with two attached hydrogens (primary N) is 1. The van der Waals surface area contributed by atoms with Gasteiger partial charge in [-0.2, -0.15) is 0 Å². The summed E-state index contributed by atoms with van der Waals surface area (Å²) in [5.41, 5.74) is 4.82. The predicted molar refractivity (Wildman–Crippen MR) is 30.9 cm³/mol. The van der Waals surface area contributed by atoms with Gasteiger partial charge in [-0.1, -0.05) is 0 Å². The van der Waals surface area contributed by atoms with Gasteiger partial charge < -0.3 is 10.8 Å². The minimum atomic E-state index is -3.15. The standard InChI is InChI=1S/C5H9F2NO2/c6-5(7,1-2-8)3-4(9)10/h1-3,8H2,(H,9,10). The zero-order valence-electron chi connectivity index (χ0n) is 5.31. The summed E-state index contributed by atoms with van der Waals surface area (Å²) in [5.74, 6) is -4.65. The van der Waals surface area contributed by atoms with E-state index in [1.165, 1.54) is 0 Å². The second kappa shape index (κ2) is 3.46. The van der Waals surface area contributed by atoms with Crippen LogP contribution in [0.4, 0.5) is 8.78 Å². The van der Waals surface area contributed by atoms with Gasteiger partial charge in [-0.3, -0.25) is 4.79 Å². The zero-order chi connectivity index (χ0) is 8.20. The summed E-state index contributed by atoms with van der Waals surface area (Å²) in [6.07, 6.45) is -1.70. The Morgan fingerprint density at radius 3 is 2.40 bits per heavy atom. The lowest BCUT2D eigenvalue weighted by Gasteiger charge is -2.11. The number of hydrogen-bond acceptors (Lipinski definition) is 2. The number of carboxylic acids is 1. The molecule has 10 heavy (non-hydrogen) atoms. The fourth-order valence-electron chi connectivity index (χ4n) is 0.521. The van der Waals surface area contributed by atoms with Gasteiger partial charge in [-0.05, 0) is 6.54 Å². The van der Waals surface area contributed by atoms with Gasteiger partial charge >= 0.3 is 5.97 Å². The largest absolute Gasteiger partial charge is 0.481 e. The normalized spacial score (nSPS) is 11.5. The summed E-state index contributed by atoms with van der Waals surface area (Å²) in [7, 11) is 0. The molecule has 5 heteroatoms. The molecule has 0 aliphatic heterocycles. The average Bonchev–Trinajstić information content (AvgIpc) is 1.59. The third-order valence-electron chi connectivity index (χ3n) is 0.920. The van der Waals surface area contributed by atoms with Crippen molar-refractivity contribution in [3.8, 4) is 0 Å². The molecule has 0 saturated heterocycles. The third-order valence-corrected chi connectivity index (χ3v) is 0.920. The number of halogens is 2. The first kappa shape index (κ1) is 9.29. The summed E-state index contributed by atoms with van der Waals surface area (Å²) >= 11 is 0. The molecule has 0 amide bonds. The maximum atomic E-state index is 12.2. The molecule has 0 aromatic rings. The van der Waals surface area contributed by atoms with Crippen molar-refractivity contribution in [3.05, 3.63) is 0 Å². The Kier molecular flexibility index (Phi) is 3.21. The SMILES string of the molecule is NCCC(F)(F)CC(=O)O. The first-order chi connectivity index (χ1) is 4.48. The Morgan fingerprint density at radius 2 is 2.10 bits per heavy atom. The summed E-state index contributed by atoms with van der Waals surface area (Å²) < 4.78 is 24.4. The van der Waals surface area contributed by atoms with Crippen LogP contribution in [0.25, 0.3) is 0 Å². The lowest BCUT2D eigenvalue weighted by Crippen LogP contribution is -2.24. The lowest BCUT2D eigenvalue weighted by atomic mass is 10.2. The number of carbonyl (C=O) groups is 1. The Balaban J connectivity index is 3.74. The number of carboxylic acid groups (broad SMARTS) is 1. The van der Waals surface area contributed by atoms with Crippen molar-refractivity contribution in [1.82, 2.24) is 0 Å². The highest BCUT2D eigenvalue weighted by Gasteiger charge is 2.30. The van der Waals surface area contributed by atoms with Crippen LogP contribution in [0.2, 0.25) is 0 Å². The fourth-order valence-corrected chi connectivity index (χ4v) is 0.521. The lowest BCUT2D eigenvalue weighted by molar-refractivity contribution is -0.145. The van der Waals surface area contributed by atoms with Gasteiger partial charge in [0.2, 0.25) is 0 Å². The van der Waals surface area contributed by atoms with Gasteiger partial charge in [0.05, 0.1) is 0 Å². The quantitative estimate of drug-likeness (QED) is 0.616. The molecule has 0 heterocycles. The molecule has 3 nitrogen and oxygen atoms in total. The molecule has 60 valence electrons. The fraction of sp³-hybridized carbons (Fsp3) is 0.800. The van der Waals surface area contributed by atoms with E-state index < -0.39 is 24.7 Å². The Morgan fingerprint density at radius 1 is 1.60 bits per heavy atom. The second-order valence-corrected chi connectivity index (χ2v) is 1.97. The van der Waals surface area contributed by atoms with Crippen LogP contribution in [0.5, 0.6) is 0 Å². The molecule has 0 aromatic heterocycles. The molecule has 0 aliphatic carbocycles. The van der Waals surface area contributed by atoms with Crippen molar-refractivity contribution in [2.45, 2.75) is 18.8 Å². The molecule has 0 radical (unpaired) electrons. The van der Waals surface area contributed by atoms with Crippen LogP contribution >= 0.6 is 0 Å². The average molecular weight is 153 g/mol. The van der Waals surface area contributed by atoms with Gasteiger partial charge in [0.1, 0.15) is 6.42 Å². The van der Waals surface area contributed by atoms with E-state index in [2.05, 4.69) is 0 Å². The van der Waals surface area contributed by atoms with Crippen molar-refractivity contribution in [3.63, 3.8) is 0 Å². The Bertz CT molecular complexity index is 127. The summed E-state index contributed by atoms with van der Waals surface area (Å²) in [6.45, 7) is -0.194. The van der Waals surface area contributed by atoms with E-state index in [4.69, 9.17) is 10.8 Å². The van der Waals surface area contributed by atoms with Gasteiger partial charge in [-0.25, -0.2) is 8.78 Å². The van der Waals surface area contributed by atoms with E-state index in [9.17, 15) is 13.6 Å². The van der Waals surface area contributed by atoms with Crippen molar-refractivity contribution >= 4 is 5.97 Å². The van der Waals surface area contributed by atoms with Gasteiger partial charge in [-0.15, -0.1) is 0 Å². The van der Waals surface area contributed by atoms with Crippen LogP contribution in [0.1, 0.15) is 12.8 Å². The molecule has 0 unspecified atom stereocenters. The topological polar surface area (TPSA) is 63.3 Å². The zero-order valence-corrected chi connectivity index (χ0v) is 5.31. The van der Waals surface area contributed by atoms with E-state index in [1.807, 2.05) is 0 Å². The van der Waals surface area contributed by atoms with Crippen molar-refractivity contribution in [1.29, 1.82) is 0 Å². The van der Waals surface area contributed by atoms with Gasteiger partial charge in [0, 0.05) is 6.42 Å². The van der Waals surface area contributed by atoms with E-state index >= 15 is 0 Å². The molecule has 3 N–H and O–H groups in total. The van der Waals surface area contributed by atoms with Crippen molar-refractivity contribution in [2.75, 3.05) is 6.54 Å². The highest BCUT2D eigenvalue weighted by Crippen LogP contribution is 2.21. The summed E-state index contributed by atoms with van der Waals surface area (Å²) in [6, 6.07) is 0. The number of alkyl halides is 2. The van der Waals surface area contributed by atoms with E-state index in [0.717, 1.165) is 0 Å². The molecule has 0 saturated carbocycles. The number of hydrogen-bond donors (Lipinski definition) is 2. The maximum Gasteiger partial charge on any atom is 0.309 e. The molecule has 0 aromatic carbocycles. The smallest absolute Gasteiger partial charge is 0.309 e. The van der Waals surface area contributed by atoms with Crippen LogP contribution < -0.4 is 5.73 Å². The van der Waals surface area contributed by atoms with E-state index in [1.54, 1.807) is 0 Å². The number of aliphatic carboxylic acids is 1. The second-order valence-electron chi connectivity index (χ2n) is 1.97. The summed E-state index contributed by atoms with van der Waals surface area (Å²) in [5, 5.41) is 7.95. The van der Waals surface area contributed by atoms with E-state index in [0.29, 0.717) is 0 Å². The first-order valence-electron chi connectivity index (χ1n) is 2.77. The Labute approximate surface area is 56.8 Å². The minimum Gasteiger partial charge on any atom is -0.481 e. The molecule has 0 aliphatic rings. The van der Waals surface area contributed by atoms with Gasteiger partial charge in [0.15, 0.2) is 0 Å². The highest BCUT2D eigenvalue weighted by atomic mass is 19.3. The van der Waals surface area contributed by atoms with Crippen molar-refractivity contribution in [2.24, 2.45) is 5.73 Å². The van der Waals surface area contributed by atoms with Crippen LogP contribution in [-0.2, 0) is 4.79 Å².